The van der Waals surface area contributed by atoms with E-state index in [1.54, 1.807) is 0 Å². The molecule has 1 aromatic rings. The molecular formula is C9H11BrN2. The third kappa shape index (κ3) is 1.85. The van der Waals surface area contributed by atoms with Gasteiger partial charge in [0.1, 0.15) is 5.84 Å². The van der Waals surface area contributed by atoms with Crippen molar-refractivity contribution in [1.82, 2.24) is 0 Å². The monoisotopic (exact) mass is 226 g/mol. The number of benzene rings is 1. The Kier molecular flexibility index (Phi) is 2.87. The van der Waals surface area contributed by atoms with Gasteiger partial charge < -0.3 is 5.73 Å². The third-order valence-electron chi connectivity index (χ3n) is 1.74. The molecule has 0 aliphatic carbocycles. The predicted octanol–water partition coefficient (Wildman–Crippen LogP) is 2.30. The van der Waals surface area contributed by atoms with Gasteiger partial charge in [-0.05, 0) is 30.2 Å². The maximum absolute atomic E-state index is 7.31. The van der Waals surface area contributed by atoms with Crippen molar-refractivity contribution in [2.24, 2.45) is 5.73 Å². The maximum atomic E-state index is 7.31. The first-order chi connectivity index (χ1) is 5.65. The molecule has 0 fully saturated rings. The van der Waals surface area contributed by atoms with Crippen molar-refractivity contribution in [3.8, 4) is 0 Å². The van der Waals surface area contributed by atoms with E-state index in [0.29, 0.717) is 0 Å². The van der Waals surface area contributed by atoms with Gasteiger partial charge in [-0.1, -0.05) is 22.9 Å². The summed E-state index contributed by atoms with van der Waals surface area (Å²) in [7, 11) is 0. The van der Waals surface area contributed by atoms with Crippen molar-refractivity contribution in [2.45, 2.75) is 13.3 Å². The Bertz CT molecular complexity index is 307. The van der Waals surface area contributed by atoms with Crippen LogP contribution in [0.15, 0.2) is 22.7 Å². The van der Waals surface area contributed by atoms with Gasteiger partial charge in [-0.2, -0.15) is 0 Å². The number of aryl methyl sites for hydroxylation is 1. The highest BCUT2D eigenvalue weighted by atomic mass is 79.9. The lowest BCUT2D eigenvalue weighted by atomic mass is 10.1. The summed E-state index contributed by atoms with van der Waals surface area (Å²) in [6.07, 6.45) is 0.897. The van der Waals surface area contributed by atoms with E-state index in [4.69, 9.17) is 11.1 Å². The number of hydrogen-bond donors (Lipinski definition) is 2. The first-order valence-corrected chi connectivity index (χ1v) is 4.57. The zero-order valence-corrected chi connectivity index (χ0v) is 8.48. The molecule has 0 aliphatic heterocycles. The van der Waals surface area contributed by atoms with E-state index in [1.165, 1.54) is 0 Å². The van der Waals surface area contributed by atoms with Crippen molar-refractivity contribution < 1.29 is 0 Å². The van der Waals surface area contributed by atoms with Crippen LogP contribution in [0, 0.1) is 5.41 Å². The molecule has 0 atom stereocenters. The van der Waals surface area contributed by atoms with Crippen LogP contribution in [0.25, 0.3) is 0 Å². The summed E-state index contributed by atoms with van der Waals surface area (Å²) in [5, 5.41) is 7.31. The quantitative estimate of drug-likeness (QED) is 0.591. The second kappa shape index (κ2) is 3.72. The minimum Gasteiger partial charge on any atom is -0.384 e. The predicted molar refractivity (Wildman–Crippen MR) is 54.5 cm³/mol. The molecule has 1 aromatic carbocycles. The molecule has 0 bridgehead atoms. The fourth-order valence-corrected chi connectivity index (χ4v) is 1.53. The molecule has 2 nitrogen and oxygen atoms in total. The van der Waals surface area contributed by atoms with E-state index in [2.05, 4.69) is 15.9 Å². The van der Waals surface area contributed by atoms with Gasteiger partial charge in [0.2, 0.25) is 0 Å². The molecule has 0 saturated heterocycles. The summed E-state index contributed by atoms with van der Waals surface area (Å²) in [5.41, 5.74) is 7.35. The molecule has 64 valence electrons. The Hall–Kier alpha value is -0.830. The number of nitrogens with two attached hydrogens (primary N) is 1. The van der Waals surface area contributed by atoms with Gasteiger partial charge in [-0.15, -0.1) is 0 Å². The highest BCUT2D eigenvalue weighted by molar-refractivity contribution is 9.10. The number of amidine groups is 1. The van der Waals surface area contributed by atoms with Crippen LogP contribution in [-0.4, -0.2) is 5.84 Å². The molecule has 0 unspecified atom stereocenters. The summed E-state index contributed by atoms with van der Waals surface area (Å²) >= 11 is 3.37. The van der Waals surface area contributed by atoms with E-state index in [0.717, 1.165) is 22.0 Å². The van der Waals surface area contributed by atoms with Crippen molar-refractivity contribution in [3.63, 3.8) is 0 Å². The Balaban J connectivity index is 3.20. The average molecular weight is 227 g/mol. The minimum absolute atomic E-state index is 0.138. The molecule has 12 heavy (non-hydrogen) atoms. The molecule has 0 saturated carbocycles. The van der Waals surface area contributed by atoms with Gasteiger partial charge in [0.15, 0.2) is 0 Å². The molecule has 1 rings (SSSR count). The molecule has 0 aromatic heterocycles. The minimum atomic E-state index is 0.138. The standard InChI is InChI=1S/C9H11BrN2/c1-2-6-5-7(10)3-4-8(6)9(11)12/h3-5H,2H2,1H3,(H3,11,12). The van der Waals surface area contributed by atoms with Crippen LogP contribution >= 0.6 is 15.9 Å². The third-order valence-corrected chi connectivity index (χ3v) is 2.23. The lowest BCUT2D eigenvalue weighted by Crippen LogP contribution is -2.13. The van der Waals surface area contributed by atoms with Gasteiger partial charge >= 0.3 is 0 Å². The van der Waals surface area contributed by atoms with Gasteiger partial charge in [-0.3, -0.25) is 5.41 Å². The van der Waals surface area contributed by atoms with Crippen LogP contribution < -0.4 is 5.73 Å². The number of nitrogens with one attached hydrogen (secondary N) is 1. The van der Waals surface area contributed by atoms with Crippen molar-refractivity contribution in [1.29, 1.82) is 5.41 Å². The fourth-order valence-electron chi connectivity index (χ4n) is 1.12. The van der Waals surface area contributed by atoms with Crippen molar-refractivity contribution >= 4 is 21.8 Å². The van der Waals surface area contributed by atoms with Gasteiger partial charge in [-0.25, -0.2) is 0 Å². The molecule has 3 N–H and O–H groups in total. The second-order valence-corrected chi connectivity index (χ2v) is 3.48. The summed E-state index contributed by atoms with van der Waals surface area (Å²) in [5.74, 6) is 0.138. The lowest BCUT2D eigenvalue weighted by molar-refractivity contribution is 1.12. The Morgan fingerprint density at radius 1 is 1.58 bits per heavy atom. The highest BCUT2D eigenvalue weighted by Gasteiger charge is 2.03. The van der Waals surface area contributed by atoms with Crippen molar-refractivity contribution in [3.05, 3.63) is 33.8 Å². The second-order valence-electron chi connectivity index (χ2n) is 2.57. The zero-order valence-electron chi connectivity index (χ0n) is 6.89. The SMILES string of the molecule is CCc1cc(Br)ccc1C(=N)N. The van der Waals surface area contributed by atoms with Crippen LogP contribution in [-0.2, 0) is 6.42 Å². The molecule has 0 aliphatic rings. The van der Waals surface area contributed by atoms with Gasteiger partial charge in [0.05, 0.1) is 0 Å². The van der Waals surface area contributed by atoms with Crippen LogP contribution in [0.2, 0.25) is 0 Å². The fraction of sp³-hybridized carbons (Fsp3) is 0.222. The molecule has 3 heteroatoms. The number of hydrogen-bond acceptors (Lipinski definition) is 1. The van der Waals surface area contributed by atoms with Gasteiger partial charge in [0, 0.05) is 10.0 Å². The number of halogens is 1. The molecule has 0 spiro atoms. The normalized spacial score (nSPS) is 9.83. The Morgan fingerprint density at radius 3 is 2.75 bits per heavy atom. The molecule has 0 amide bonds. The summed E-state index contributed by atoms with van der Waals surface area (Å²) < 4.78 is 1.03. The first kappa shape index (κ1) is 9.26. The summed E-state index contributed by atoms with van der Waals surface area (Å²) in [6.45, 7) is 2.05. The van der Waals surface area contributed by atoms with E-state index in [-0.39, 0.29) is 5.84 Å². The molecular weight excluding hydrogens is 216 g/mol. The highest BCUT2D eigenvalue weighted by Crippen LogP contribution is 2.16. The maximum Gasteiger partial charge on any atom is 0.123 e. The Labute approximate surface area is 80.4 Å². The van der Waals surface area contributed by atoms with E-state index in [1.807, 2.05) is 25.1 Å². The van der Waals surface area contributed by atoms with Crippen LogP contribution in [0.4, 0.5) is 0 Å². The van der Waals surface area contributed by atoms with E-state index in [9.17, 15) is 0 Å². The van der Waals surface area contributed by atoms with Gasteiger partial charge in [0.25, 0.3) is 0 Å². The molecule has 0 heterocycles. The van der Waals surface area contributed by atoms with Crippen LogP contribution in [0.3, 0.4) is 0 Å². The average Bonchev–Trinajstić information content (AvgIpc) is 2.03. The first-order valence-electron chi connectivity index (χ1n) is 3.78. The molecule has 0 radical (unpaired) electrons. The summed E-state index contributed by atoms with van der Waals surface area (Å²) in [4.78, 5) is 0. The number of rotatable bonds is 2. The van der Waals surface area contributed by atoms with E-state index < -0.39 is 0 Å². The van der Waals surface area contributed by atoms with E-state index >= 15 is 0 Å². The van der Waals surface area contributed by atoms with Crippen molar-refractivity contribution in [2.75, 3.05) is 0 Å². The largest absolute Gasteiger partial charge is 0.384 e. The summed E-state index contributed by atoms with van der Waals surface area (Å²) in [6, 6.07) is 5.76. The Morgan fingerprint density at radius 2 is 2.25 bits per heavy atom. The van der Waals surface area contributed by atoms with Crippen LogP contribution in [0.5, 0.6) is 0 Å². The smallest absolute Gasteiger partial charge is 0.123 e. The van der Waals surface area contributed by atoms with Crippen LogP contribution in [0.1, 0.15) is 18.1 Å². The number of nitrogen functional groups attached to an aromatic ring is 1. The lowest BCUT2D eigenvalue weighted by Gasteiger charge is -2.05. The topological polar surface area (TPSA) is 49.9 Å². The zero-order chi connectivity index (χ0) is 9.14.